The lowest BCUT2D eigenvalue weighted by Crippen LogP contribution is -2.41. The highest BCUT2D eigenvalue weighted by molar-refractivity contribution is 5.98. The van der Waals surface area contributed by atoms with E-state index in [9.17, 15) is 18.8 Å². The van der Waals surface area contributed by atoms with E-state index in [1.807, 2.05) is 26.0 Å². The summed E-state index contributed by atoms with van der Waals surface area (Å²) in [5, 5.41) is 5.12. The lowest BCUT2D eigenvalue weighted by atomic mass is 10.1. The largest absolute Gasteiger partial charge is 0.343 e. The zero-order valence-corrected chi connectivity index (χ0v) is 15.5. The zero-order valence-electron chi connectivity index (χ0n) is 15.5. The van der Waals surface area contributed by atoms with Gasteiger partial charge in [0.2, 0.25) is 11.8 Å². The number of carbonyl (C=O) groups is 3. The van der Waals surface area contributed by atoms with Gasteiger partial charge in [-0.25, -0.2) is 4.39 Å². The molecule has 0 saturated carbocycles. The van der Waals surface area contributed by atoms with Crippen LogP contribution in [-0.2, 0) is 9.59 Å². The van der Waals surface area contributed by atoms with Gasteiger partial charge in [-0.15, -0.1) is 0 Å². The Balaban J connectivity index is 1.86. The maximum Gasteiger partial charge on any atom is 0.254 e. The van der Waals surface area contributed by atoms with E-state index in [1.54, 1.807) is 6.07 Å². The fraction of sp³-hybridized carbons (Fsp3) is 0.250. The molecule has 0 bridgehead atoms. The molecule has 0 spiro atoms. The lowest BCUT2D eigenvalue weighted by Gasteiger charge is -2.18. The van der Waals surface area contributed by atoms with Crippen molar-refractivity contribution in [2.45, 2.75) is 13.8 Å². The van der Waals surface area contributed by atoms with Crippen LogP contribution in [-0.4, -0.2) is 42.8 Å². The van der Waals surface area contributed by atoms with Crippen molar-refractivity contribution in [3.05, 3.63) is 65.0 Å². The van der Waals surface area contributed by atoms with Crippen LogP contribution < -0.4 is 10.6 Å². The molecule has 27 heavy (non-hydrogen) atoms. The molecule has 0 aliphatic rings. The monoisotopic (exact) mass is 371 g/mol. The van der Waals surface area contributed by atoms with Crippen molar-refractivity contribution in [3.63, 3.8) is 0 Å². The van der Waals surface area contributed by atoms with Crippen LogP contribution in [0.25, 0.3) is 0 Å². The first-order valence-electron chi connectivity index (χ1n) is 8.42. The van der Waals surface area contributed by atoms with Crippen molar-refractivity contribution in [1.82, 2.24) is 10.2 Å². The first-order chi connectivity index (χ1) is 12.8. The highest BCUT2D eigenvalue weighted by atomic mass is 19.1. The molecule has 0 aliphatic heterocycles. The number of hydrogen-bond donors (Lipinski definition) is 2. The molecule has 0 heterocycles. The van der Waals surface area contributed by atoms with Crippen LogP contribution in [0.4, 0.5) is 10.1 Å². The van der Waals surface area contributed by atoms with Crippen molar-refractivity contribution < 1.29 is 18.8 Å². The third-order valence-corrected chi connectivity index (χ3v) is 4.20. The SMILES string of the molecule is Cc1cccc(NC(=O)CN(C)C(=O)CNC(=O)c2ccccc2F)c1C. The Bertz CT molecular complexity index is 867. The summed E-state index contributed by atoms with van der Waals surface area (Å²) in [7, 11) is 1.46. The Kier molecular flexibility index (Phi) is 6.65. The van der Waals surface area contributed by atoms with Crippen molar-refractivity contribution in [1.29, 1.82) is 0 Å². The molecule has 7 heteroatoms. The number of anilines is 1. The number of nitrogens with one attached hydrogen (secondary N) is 2. The van der Waals surface area contributed by atoms with Crippen LogP contribution in [0.1, 0.15) is 21.5 Å². The van der Waals surface area contributed by atoms with Crippen molar-refractivity contribution in [2.75, 3.05) is 25.5 Å². The van der Waals surface area contributed by atoms with E-state index in [1.165, 1.54) is 36.2 Å². The van der Waals surface area contributed by atoms with Gasteiger partial charge in [-0.3, -0.25) is 14.4 Å². The maximum absolute atomic E-state index is 13.6. The fourth-order valence-corrected chi connectivity index (χ4v) is 2.41. The third-order valence-electron chi connectivity index (χ3n) is 4.20. The molecular weight excluding hydrogens is 349 g/mol. The lowest BCUT2D eigenvalue weighted by molar-refractivity contribution is -0.132. The number of rotatable bonds is 6. The van der Waals surface area contributed by atoms with Gasteiger partial charge in [0.1, 0.15) is 5.82 Å². The molecule has 2 N–H and O–H groups in total. The van der Waals surface area contributed by atoms with E-state index in [-0.39, 0.29) is 24.6 Å². The quantitative estimate of drug-likeness (QED) is 0.818. The summed E-state index contributed by atoms with van der Waals surface area (Å²) in [6, 6.07) is 11.1. The number of carbonyl (C=O) groups excluding carboxylic acids is 3. The van der Waals surface area contributed by atoms with Crippen LogP contribution in [0.3, 0.4) is 0 Å². The maximum atomic E-state index is 13.6. The normalized spacial score (nSPS) is 10.2. The minimum Gasteiger partial charge on any atom is -0.343 e. The Labute approximate surface area is 157 Å². The van der Waals surface area contributed by atoms with Crippen LogP contribution >= 0.6 is 0 Å². The smallest absolute Gasteiger partial charge is 0.254 e. The van der Waals surface area contributed by atoms with Crippen LogP contribution in [0.15, 0.2) is 42.5 Å². The average molecular weight is 371 g/mol. The number of aryl methyl sites for hydroxylation is 1. The Morgan fingerprint density at radius 2 is 1.74 bits per heavy atom. The summed E-state index contributed by atoms with van der Waals surface area (Å²) in [6.45, 7) is 3.35. The Morgan fingerprint density at radius 3 is 2.44 bits per heavy atom. The number of amides is 3. The summed E-state index contributed by atoms with van der Waals surface area (Å²) in [6.07, 6.45) is 0. The number of benzene rings is 2. The first kappa shape index (κ1) is 20.1. The average Bonchev–Trinajstić information content (AvgIpc) is 2.63. The van der Waals surface area contributed by atoms with Gasteiger partial charge in [0.05, 0.1) is 18.7 Å². The second kappa shape index (κ2) is 8.93. The highest BCUT2D eigenvalue weighted by Gasteiger charge is 2.16. The van der Waals surface area contributed by atoms with Gasteiger partial charge in [-0.05, 0) is 43.2 Å². The zero-order chi connectivity index (χ0) is 20.0. The van der Waals surface area contributed by atoms with E-state index in [2.05, 4.69) is 10.6 Å². The molecular formula is C20H22FN3O3. The second-order valence-electron chi connectivity index (χ2n) is 6.21. The number of nitrogens with zero attached hydrogens (tertiary/aromatic N) is 1. The van der Waals surface area contributed by atoms with Gasteiger partial charge in [-0.2, -0.15) is 0 Å². The molecule has 2 aromatic carbocycles. The molecule has 6 nitrogen and oxygen atoms in total. The van der Waals surface area contributed by atoms with Crippen molar-refractivity contribution in [3.8, 4) is 0 Å². The predicted molar refractivity (Wildman–Crippen MR) is 101 cm³/mol. The van der Waals surface area contributed by atoms with Gasteiger partial charge in [0.25, 0.3) is 5.91 Å². The van der Waals surface area contributed by atoms with Gasteiger partial charge in [-0.1, -0.05) is 24.3 Å². The summed E-state index contributed by atoms with van der Waals surface area (Å²) in [5.74, 6) is -2.16. The minimum absolute atomic E-state index is 0.138. The fourth-order valence-electron chi connectivity index (χ4n) is 2.41. The Morgan fingerprint density at radius 1 is 1.04 bits per heavy atom. The van der Waals surface area contributed by atoms with Gasteiger partial charge in [0, 0.05) is 12.7 Å². The van der Waals surface area contributed by atoms with E-state index in [0.29, 0.717) is 5.69 Å². The standard InChI is InChI=1S/C20H22FN3O3/c1-13-7-6-10-17(14(13)2)23-18(25)12-24(3)19(26)11-22-20(27)15-8-4-5-9-16(15)21/h4-10H,11-12H2,1-3H3,(H,22,27)(H,23,25). The molecule has 0 aliphatic carbocycles. The molecule has 0 saturated heterocycles. The molecule has 0 fully saturated rings. The molecule has 142 valence electrons. The predicted octanol–water partition coefficient (Wildman–Crippen LogP) is 2.27. The summed E-state index contributed by atoms with van der Waals surface area (Å²) < 4.78 is 13.6. The molecule has 2 rings (SSSR count). The topological polar surface area (TPSA) is 78.5 Å². The van der Waals surface area contributed by atoms with Crippen molar-refractivity contribution >= 4 is 23.4 Å². The van der Waals surface area contributed by atoms with Crippen LogP contribution in [0.2, 0.25) is 0 Å². The third kappa shape index (κ3) is 5.37. The molecule has 0 aromatic heterocycles. The number of hydrogen-bond acceptors (Lipinski definition) is 3. The number of halogens is 1. The van der Waals surface area contributed by atoms with E-state index >= 15 is 0 Å². The summed E-state index contributed by atoms with van der Waals surface area (Å²) in [4.78, 5) is 37.4. The van der Waals surface area contributed by atoms with E-state index in [4.69, 9.17) is 0 Å². The van der Waals surface area contributed by atoms with Crippen molar-refractivity contribution in [2.24, 2.45) is 0 Å². The summed E-state index contributed by atoms with van der Waals surface area (Å²) >= 11 is 0. The molecule has 0 unspecified atom stereocenters. The molecule has 3 amide bonds. The summed E-state index contributed by atoms with van der Waals surface area (Å²) in [5.41, 5.74) is 2.55. The van der Waals surface area contributed by atoms with Gasteiger partial charge >= 0.3 is 0 Å². The molecule has 2 aromatic rings. The van der Waals surface area contributed by atoms with Gasteiger partial charge < -0.3 is 15.5 Å². The minimum atomic E-state index is -0.685. The van der Waals surface area contributed by atoms with Gasteiger partial charge in [0.15, 0.2) is 0 Å². The van der Waals surface area contributed by atoms with Crippen LogP contribution in [0, 0.1) is 19.7 Å². The second-order valence-corrected chi connectivity index (χ2v) is 6.21. The molecule has 0 atom stereocenters. The Hall–Kier alpha value is -3.22. The first-order valence-corrected chi connectivity index (χ1v) is 8.42. The van der Waals surface area contributed by atoms with E-state index < -0.39 is 17.6 Å². The highest BCUT2D eigenvalue weighted by Crippen LogP contribution is 2.17. The number of likely N-dealkylation sites (N-methyl/N-ethyl adjacent to an activating group) is 1. The van der Waals surface area contributed by atoms with Crippen LogP contribution in [0.5, 0.6) is 0 Å². The molecule has 0 radical (unpaired) electrons. The van der Waals surface area contributed by atoms with E-state index in [0.717, 1.165) is 11.1 Å².